The fraction of sp³-hybridized carbons (Fsp3) is 0.400. The molecule has 142 valence electrons. The third kappa shape index (κ3) is 5.70. The molecule has 0 radical (unpaired) electrons. The molecule has 0 heterocycles. The number of aliphatic hydroxyl groups is 1. The zero-order chi connectivity index (χ0) is 17.8. The van der Waals surface area contributed by atoms with Gasteiger partial charge in [-0.1, -0.05) is 30.3 Å². The van der Waals surface area contributed by atoms with E-state index in [9.17, 15) is 10.2 Å². The Morgan fingerprint density at radius 2 is 1.58 bits per heavy atom. The molecule has 0 aromatic heterocycles. The van der Waals surface area contributed by atoms with Crippen LogP contribution in [0.15, 0.2) is 51.4 Å². The van der Waals surface area contributed by atoms with E-state index in [0.29, 0.717) is 15.0 Å². The number of phenols is 1. The first-order chi connectivity index (χ1) is 12.0. The third-order valence-electron chi connectivity index (χ3n) is 4.83. The summed E-state index contributed by atoms with van der Waals surface area (Å²) in [5, 5.41) is 20.1. The third-order valence-corrected chi connectivity index (χ3v) is 6.04. The van der Waals surface area contributed by atoms with E-state index in [4.69, 9.17) is 0 Å². The lowest BCUT2D eigenvalue weighted by Crippen LogP contribution is -2.39. The molecule has 26 heavy (non-hydrogen) atoms. The standard InChI is InChI=1S/C20H23Br2NO2.ClH/c21-18-9-15(10-19(22)20(18)25)13-23(12-14-5-2-1-3-6-14)16-7-4-8-17(24)11-16;/h1-3,5-6,9-10,16-17,24-25H,4,7-8,11-13H2;1H/t16-,17+;/m0./s1. The minimum Gasteiger partial charge on any atom is -0.506 e. The maximum absolute atomic E-state index is 10.1. The van der Waals surface area contributed by atoms with Crippen molar-refractivity contribution in [2.24, 2.45) is 0 Å². The van der Waals surface area contributed by atoms with Gasteiger partial charge in [0.25, 0.3) is 0 Å². The van der Waals surface area contributed by atoms with Gasteiger partial charge in [-0.25, -0.2) is 0 Å². The molecule has 0 amide bonds. The van der Waals surface area contributed by atoms with Crippen LogP contribution in [0.2, 0.25) is 0 Å². The molecule has 3 nitrogen and oxygen atoms in total. The maximum atomic E-state index is 10.1. The van der Waals surface area contributed by atoms with E-state index in [0.717, 1.165) is 44.3 Å². The van der Waals surface area contributed by atoms with E-state index in [1.54, 1.807) is 0 Å². The van der Waals surface area contributed by atoms with Gasteiger partial charge in [-0.15, -0.1) is 12.4 Å². The highest BCUT2D eigenvalue weighted by atomic mass is 79.9. The number of nitrogens with zero attached hydrogens (tertiary/aromatic N) is 1. The lowest BCUT2D eigenvalue weighted by atomic mass is 9.91. The maximum Gasteiger partial charge on any atom is 0.143 e. The molecule has 0 saturated heterocycles. The molecule has 1 aliphatic carbocycles. The summed E-state index contributed by atoms with van der Waals surface area (Å²) in [5.41, 5.74) is 2.41. The van der Waals surface area contributed by atoms with Gasteiger partial charge in [-0.05, 0) is 80.8 Å². The van der Waals surface area contributed by atoms with Crippen molar-refractivity contribution in [2.45, 2.75) is 50.9 Å². The first kappa shape index (κ1) is 21.7. The van der Waals surface area contributed by atoms with Crippen molar-refractivity contribution in [1.82, 2.24) is 4.90 Å². The van der Waals surface area contributed by atoms with Crippen molar-refractivity contribution in [3.05, 3.63) is 62.5 Å². The molecular formula is C20H24Br2ClNO2. The number of aromatic hydroxyl groups is 1. The molecule has 0 spiro atoms. The second-order valence-corrected chi connectivity index (χ2v) is 8.48. The summed E-state index contributed by atoms with van der Waals surface area (Å²) in [7, 11) is 0. The number of phenolic OH excluding ortho intramolecular Hbond substituents is 1. The van der Waals surface area contributed by atoms with Crippen LogP contribution in [0.1, 0.15) is 36.8 Å². The lowest BCUT2D eigenvalue weighted by molar-refractivity contribution is 0.0541. The van der Waals surface area contributed by atoms with Crippen molar-refractivity contribution in [3.8, 4) is 5.75 Å². The second kappa shape index (κ2) is 10.1. The van der Waals surface area contributed by atoms with Gasteiger partial charge in [0.05, 0.1) is 15.0 Å². The van der Waals surface area contributed by atoms with Crippen LogP contribution >= 0.6 is 44.3 Å². The number of hydrogen-bond donors (Lipinski definition) is 2. The molecule has 1 saturated carbocycles. The van der Waals surface area contributed by atoms with Crippen LogP contribution in [0, 0.1) is 0 Å². The van der Waals surface area contributed by atoms with Crippen LogP contribution in [0.3, 0.4) is 0 Å². The van der Waals surface area contributed by atoms with Crippen LogP contribution in [-0.2, 0) is 13.1 Å². The zero-order valence-electron chi connectivity index (χ0n) is 14.4. The number of rotatable bonds is 5. The molecule has 1 aliphatic rings. The Morgan fingerprint density at radius 1 is 0.962 bits per heavy atom. The van der Waals surface area contributed by atoms with Gasteiger partial charge in [-0.2, -0.15) is 0 Å². The topological polar surface area (TPSA) is 43.7 Å². The zero-order valence-corrected chi connectivity index (χ0v) is 18.4. The summed E-state index contributed by atoms with van der Waals surface area (Å²) in [6.45, 7) is 1.64. The van der Waals surface area contributed by atoms with Gasteiger partial charge in [0, 0.05) is 19.1 Å². The van der Waals surface area contributed by atoms with Gasteiger partial charge in [0.15, 0.2) is 0 Å². The second-order valence-electron chi connectivity index (χ2n) is 6.77. The molecule has 1 fully saturated rings. The van der Waals surface area contributed by atoms with Crippen LogP contribution in [0.5, 0.6) is 5.75 Å². The summed E-state index contributed by atoms with van der Waals surface area (Å²) in [6.07, 6.45) is 3.72. The summed E-state index contributed by atoms with van der Waals surface area (Å²) in [5.74, 6) is 0.228. The average molecular weight is 506 g/mol. The van der Waals surface area contributed by atoms with Gasteiger partial charge in [0.1, 0.15) is 5.75 Å². The Kier molecular flexibility index (Phi) is 8.42. The van der Waals surface area contributed by atoms with E-state index in [2.05, 4.69) is 61.0 Å². The van der Waals surface area contributed by atoms with Gasteiger partial charge < -0.3 is 10.2 Å². The van der Waals surface area contributed by atoms with E-state index >= 15 is 0 Å². The van der Waals surface area contributed by atoms with E-state index < -0.39 is 0 Å². The minimum absolute atomic E-state index is 0. The molecule has 2 aromatic carbocycles. The van der Waals surface area contributed by atoms with Crippen LogP contribution in [0.25, 0.3) is 0 Å². The summed E-state index contributed by atoms with van der Waals surface area (Å²) in [6, 6.07) is 14.8. The van der Waals surface area contributed by atoms with E-state index in [1.807, 2.05) is 18.2 Å². The van der Waals surface area contributed by atoms with Crippen molar-refractivity contribution in [3.63, 3.8) is 0 Å². The fourth-order valence-electron chi connectivity index (χ4n) is 3.55. The molecule has 6 heteroatoms. The first-order valence-corrected chi connectivity index (χ1v) is 10.2. The van der Waals surface area contributed by atoms with Crippen LogP contribution < -0.4 is 0 Å². The normalized spacial score (nSPS) is 20.0. The Bertz CT molecular complexity index is 691. The molecule has 0 unspecified atom stereocenters. The Hall–Kier alpha value is -0.590. The number of aliphatic hydroxyl groups excluding tert-OH is 1. The average Bonchev–Trinajstić information content (AvgIpc) is 2.60. The van der Waals surface area contributed by atoms with Crippen molar-refractivity contribution in [1.29, 1.82) is 0 Å². The molecular weight excluding hydrogens is 481 g/mol. The SMILES string of the molecule is Cl.Oc1c(Br)cc(CN(Cc2ccccc2)[C@H]2CCC[C@@H](O)C2)cc1Br. The van der Waals surface area contributed by atoms with E-state index in [1.165, 1.54) is 5.56 Å². The molecule has 0 bridgehead atoms. The number of halogens is 3. The van der Waals surface area contributed by atoms with Gasteiger partial charge >= 0.3 is 0 Å². The van der Waals surface area contributed by atoms with E-state index in [-0.39, 0.29) is 24.3 Å². The first-order valence-electron chi connectivity index (χ1n) is 8.66. The summed E-state index contributed by atoms with van der Waals surface area (Å²) >= 11 is 6.84. The minimum atomic E-state index is -0.199. The quantitative estimate of drug-likeness (QED) is 0.552. The van der Waals surface area contributed by atoms with Gasteiger partial charge in [0.2, 0.25) is 0 Å². The summed E-state index contributed by atoms with van der Waals surface area (Å²) < 4.78 is 1.39. The smallest absolute Gasteiger partial charge is 0.143 e. The molecule has 2 N–H and O–H groups in total. The largest absolute Gasteiger partial charge is 0.506 e. The fourth-order valence-corrected chi connectivity index (χ4v) is 4.83. The van der Waals surface area contributed by atoms with Crippen LogP contribution in [-0.4, -0.2) is 27.3 Å². The highest BCUT2D eigenvalue weighted by Crippen LogP contribution is 2.34. The van der Waals surface area contributed by atoms with Crippen molar-refractivity contribution >= 4 is 44.3 Å². The number of hydrogen-bond acceptors (Lipinski definition) is 3. The lowest BCUT2D eigenvalue weighted by Gasteiger charge is -2.36. The molecule has 2 aromatic rings. The Balaban J connectivity index is 0.00000243. The Labute approximate surface area is 178 Å². The monoisotopic (exact) mass is 503 g/mol. The van der Waals surface area contributed by atoms with Gasteiger partial charge in [-0.3, -0.25) is 4.90 Å². The number of benzene rings is 2. The summed E-state index contributed by atoms with van der Waals surface area (Å²) in [4.78, 5) is 2.45. The predicted molar refractivity (Wildman–Crippen MR) is 115 cm³/mol. The van der Waals surface area contributed by atoms with Crippen molar-refractivity contribution in [2.75, 3.05) is 0 Å². The molecule has 0 aliphatic heterocycles. The van der Waals surface area contributed by atoms with Crippen LogP contribution in [0.4, 0.5) is 0 Å². The molecule has 2 atom stereocenters. The molecule has 3 rings (SSSR count). The predicted octanol–water partition coefficient (Wildman–Crippen LogP) is 5.64. The highest BCUT2D eigenvalue weighted by Gasteiger charge is 2.26. The highest BCUT2D eigenvalue weighted by molar-refractivity contribution is 9.11. The van der Waals surface area contributed by atoms with Crippen molar-refractivity contribution < 1.29 is 10.2 Å². The Morgan fingerprint density at radius 3 is 2.19 bits per heavy atom.